The number of hydrogen-bond acceptors (Lipinski definition) is 3. The first-order valence-electron chi connectivity index (χ1n) is 12.4. The summed E-state index contributed by atoms with van der Waals surface area (Å²) < 4.78 is 9.68. The smallest absolute Gasteiger partial charge is 0.195 e. The van der Waals surface area contributed by atoms with Crippen molar-refractivity contribution >= 4 is 86.8 Å². The van der Waals surface area contributed by atoms with Crippen LogP contribution >= 0.6 is 11.3 Å². The molecule has 0 spiro atoms. The predicted octanol–water partition coefficient (Wildman–Crippen LogP) is 9.60. The van der Waals surface area contributed by atoms with Crippen LogP contribution in [0.5, 0.6) is 0 Å². The fourth-order valence-corrected chi connectivity index (χ4v) is 7.18. The molecule has 0 aliphatic heterocycles. The highest BCUT2D eigenvalue weighted by Gasteiger charge is 2.20. The van der Waals surface area contributed by atoms with Crippen LogP contribution < -0.4 is 0 Å². The van der Waals surface area contributed by atoms with Gasteiger partial charge in [0.25, 0.3) is 0 Å². The van der Waals surface area contributed by atoms with Gasteiger partial charge in [-0.25, -0.2) is 4.98 Å². The van der Waals surface area contributed by atoms with Gasteiger partial charge in [0.1, 0.15) is 11.2 Å². The Kier molecular flexibility index (Phi) is 3.67. The number of rotatable bonds is 1. The SMILES string of the molecule is c1ccc2c(c1)ccc1c2c2c3ccccc3ccc2n1-c1nc2ccc3oc4ccccc4c3c2s1. The molecule has 0 aliphatic carbocycles. The molecule has 3 aromatic heterocycles. The molecule has 0 saturated heterocycles. The minimum atomic E-state index is 0.906. The predicted molar refractivity (Wildman–Crippen MR) is 156 cm³/mol. The van der Waals surface area contributed by atoms with E-state index in [1.54, 1.807) is 11.3 Å². The molecule has 0 fully saturated rings. The van der Waals surface area contributed by atoms with Crippen molar-refractivity contribution in [3.8, 4) is 5.13 Å². The lowest BCUT2D eigenvalue weighted by atomic mass is 10.00. The Morgan fingerprint density at radius 2 is 1.16 bits per heavy atom. The molecule has 172 valence electrons. The number of hydrogen-bond donors (Lipinski definition) is 0. The zero-order valence-electron chi connectivity index (χ0n) is 19.6. The van der Waals surface area contributed by atoms with Crippen LogP contribution in [0.15, 0.2) is 114 Å². The molecule has 0 bridgehead atoms. The van der Waals surface area contributed by atoms with Gasteiger partial charge in [-0.05, 0) is 51.9 Å². The lowest BCUT2D eigenvalue weighted by molar-refractivity contribution is 0.669. The number of furan rings is 1. The van der Waals surface area contributed by atoms with Gasteiger partial charge in [-0.15, -0.1) is 0 Å². The summed E-state index contributed by atoms with van der Waals surface area (Å²) in [5, 5.41) is 10.8. The van der Waals surface area contributed by atoms with E-state index >= 15 is 0 Å². The molecule has 3 heterocycles. The van der Waals surface area contributed by atoms with Crippen molar-refractivity contribution in [3.63, 3.8) is 0 Å². The van der Waals surface area contributed by atoms with Crippen molar-refractivity contribution in [2.24, 2.45) is 0 Å². The quantitative estimate of drug-likeness (QED) is 0.229. The summed E-state index contributed by atoms with van der Waals surface area (Å²) in [7, 11) is 0. The molecule has 0 amide bonds. The summed E-state index contributed by atoms with van der Waals surface area (Å²) in [6.07, 6.45) is 0. The van der Waals surface area contributed by atoms with Gasteiger partial charge in [0.15, 0.2) is 5.13 Å². The van der Waals surface area contributed by atoms with E-state index in [-0.39, 0.29) is 0 Å². The van der Waals surface area contributed by atoms with E-state index in [9.17, 15) is 0 Å². The van der Waals surface area contributed by atoms with Crippen molar-refractivity contribution in [3.05, 3.63) is 109 Å². The Bertz CT molecular complexity index is 2280. The second-order valence-electron chi connectivity index (χ2n) is 9.58. The normalized spacial score (nSPS) is 12.3. The minimum absolute atomic E-state index is 0.906. The van der Waals surface area contributed by atoms with Gasteiger partial charge in [-0.1, -0.05) is 90.2 Å². The summed E-state index contributed by atoms with van der Waals surface area (Å²) >= 11 is 1.74. The van der Waals surface area contributed by atoms with Gasteiger partial charge in [0.05, 0.1) is 21.3 Å². The molecule has 4 heteroatoms. The largest absolute Gasteiger partial charge is 0.456 e. The van der Waals surface area contributed by atoms with Crippen molar-refractivity contribution in [2.75, 3.05) is 0 Å². The third kappa shape index (κ3) is 2.52. The average molecular weight is 491 g/mol. The molecule has 3 nitrogen and oxygen atoms in total. The van der Waals surface area contributed by atoms with Crippen LogP contribution in [0.25, 0.3) is 80.6 Å². The first-order valence-corrected chi connectivity index (χ1v) is 13.2. The standard InChI is InChI=1S/C33H18N2OS/c1-3-9-21-19(7-1)13-16-25-29(21)30-22-10-4-2-8-20(22)14-17-26(30)35(25)33-34-24-15-18-28-31(32(24)37-33)23-11-5-6-12-27(23)36-28/h1-18H. The number of benzene rings is 6. The van der Waals surface area contributed by atoms with Crippen molar-refractivity contribution < 1.29 is 4.42 Å². The van der Waals surface area contributed by atoms with Gasteiger partial charge >= 0.3 is 0 Å². The molecule has 0 radical (unpaired) electrons. The molecule has 9 aromatic rings. The first-order chi connectivity index (χ1) is 18.3. The van der Waals surface area contributed by atoms with E-state index < -0.39 is 0 Å². The molecule has 0 aliphatic rings. The van der Waals surface area contributed by atoms with E-state index in [2.05, 4.69) is 95.6 Å². The number of thiazole rings is 1. The molecule has 6 aromatic carbocycles. The maximum absolute atomic E-state index is 6.17. The van der Waals surface area contributed by atoms with E-state index in [4.69, 9.17) is 9.40 Å². The zero-order chi connectivity index (χ0) is 24.1. The third-order valence-electron chi connectivity index (χ3n) is 7.62. The van der Waals surface area contributed by atoms with Crippen LogP contribution in [-0.4, -0.2) is 9.55 Å². The topological polar surface area (TPSA) is 31.0 Å². The van der Waals surface area contributed by atoms with Gasteiger partial charge < -0.3 is 4.42 Å². The summed E-state index contributed by atoms with van der Waals surface area (Å²) in [6.45, 7) is 0. The molecular formula is C33H18N2OS. The Morgan fingerprint density at radius 3 is 1.86 bits per heavy atom. The zero-order valence-corrected chi connectivity index (χ0v) is 20.4. The van der Waals surface area contributed by atoms with Crippen LogP contribution in [0.3, 0.4) is 0 Å². The maximum atomic E-state index is 6.17. The second kappa shape index (κ2) is 6.96. The highest BCUT2D eigenvalue weighted by Crippen LogP contribution is 2.43. The Balaban J connectivity index is 1.48. The number of aromatic nitrogens is 2. The van der Waals surface area contributed by atoms with Gasteiger partial charge in [0.2, 0.25) is 0 Å². The lowest BCUT2D eigenvalue weighted by Gasteiger charge is -2.04. The molecular weight excluding hydrogens is 472 g/mol. The third-order valence-corrected chi connectivity index (χ3v) is 8.70. The van der Waals surface area contributed by atoms with Crippen LogP contribution in [0.4, 0.5) is 0 Å². The van der Waals surface area contributed by atoms with E-state index in [1.807, 2.05) is 18.2 Å². The van der Waals surface area contributed by atoms with Gasteiger partial charge in [-0.3, -0.25) is 4.57 Å². The van der Waals surface area contributed by atoms with Crippen molar-refractivity contribution in [1.29, 1.82) is 0 Å². The summed E-state index contributed by atoms with van der Waals surface area (Å²) in [6, 6.07) is 38.7. The Hall–Kier alpha value is -4.67. The molecule has 9 rings (SSSR count). The number of fused-ring (bicyclic) bond motifs is 12. The average Bonchev–Trinajstić information content (AvgIpc) is 3.63. The van der Waals surface area contributed by atoms with E-state index in [1.165, 1.54) is 43.4 Å². The molecule has 0 N–H and O–H groups in total. The van der Waals surface area contributed by atoms with Crippen LogP contribution in [0.1, 0.15) is 0 Å². The fraction of sp³-hybridized carbons (Fsp3) is 0. The van der Waals surface area contributed by atoms with Crippen LogP contribution in [0, 0.1) is 0 Å². The lowest BCUT2D eigenvalue weighted by Crippen LogP contribution is -1.92. The van der Waals surface area contributed by atoms with Gasteiger partial charge in [0, 0.05) is 21.5 Å². The molecule has 37 heavy (non-hydrogen) atoms. The van der Waals surface area contributed by atoms with E-state index in [0.717, 1.165) is 37.3 Å². The summed E-state index contributed by atoms with van der Waals surface area (Å²) in [5.74, 6) is 0. The highest BCUT2D eigenvalue weighted by molar-refractivity contribution is 7.22. The summed E-state index contributed by atoms with van der Waals surface area (Å²) in [4.78, 5) is 5.19. The minimum Gasteiger partial charge on any atom is -0.456 e. The number of nitrogens with zero attached hydrogens (tertiary/aromatic N) is 2. The molecule has 0 atom stereocenters. The van der Waals surface area contributed by atoms with Crippen molar-refractivity contribution in [2.45, 2.75) is 0 Å². The van der Waals surface area contributed by atoms with Crippen LogP contribution in [-0.2, 0) is 0 Å². The fourth-order valence-electron chi connectivity index (χ4n) is 6.03. The highest BCUT2D eigenvalue weighted by atomic mass is 32.1. The monoisotopic (exact) mass is 490 g/mol. The molecule has 0 saturated carbocycles. The second-order valence-corrected chi connectivity index (χ2v) is 10.6. The van der Waals surface area contributed by atoms with E-state index in [0.29, 0.717) is 0 Å². The molecule has 0 unspecified atom stereocenters. The number of para-hydroxylation sites is 1. The maximum Gasteiger partial charge on any atom is 0.195 e. The van der Waals surface area contributed by atoms with Gasteiger partial charge in [-0.2, -0.15) is 0 Å². The summed E-state index contributed by atoms with van der Waals surface area (Å²) in [5.41, 5.74) is 5.17. The Morgan fingerprint density at radius 1 is 0.541 bits per heavy atom. The Labute approximate surface area is 214 Å². The van der Waals surface area contributed by atoms with Crippen LogP contribution in [0.2, 0.25) is 0 Å². The first kappa shape index (κ1) is 19.5. The van der Waals surface area contributed by atoms with Crippen molar-refractivity contribution in [1.82, 2.24) is 9.55 Å².